The van der Waals surface area contributed by atoms with Crippen LogP contribution < -0.4 is 0 Å². The molecule has 12 nitrogen and oxygen atoms in total. The van der Waals surface area contributed by atoms with E-state index in [-0.39, 0.29) is 64.3 Å². The number of sulfonamides is 2. The Bertz CT molecular complexity index is 1100. The molecule has 0 N–H and O–H groups in total. The summed E-state index contributed by atoms with van der Waals surface area (Å²) in [5, 5.41) is 0. The summed E-state index contributed by atoms with van der Waals surface area (Å²) in [5.74, 6) is -4.36. The van der Waals surface area contributed by atoms with Crippen LogP contribution in [0, 0.1) is 0 Å². The molecule has 22 heteroatoms. The molecule has 0 spiro atoms. The quantitative estimate of drug-likeness (QED) is 0.176. The first-order valence-electron chi connectivity index (χ1n) is 9.50. The lowest BCUT2D eigenvalue weighted by molar-refractivity contribution is -0.146. The topological polar surface area (TPSA) is 152 Å². The van der Waals surface area contributed by atoms with Crippen LogP contribution in [0.4, 0.5) is 26.3 Å². The van der Waals surface area contributed by atoms with E-state index in [0.29, 0.717) is 4.90 Å². The van der Waals surface area contributed by atoms with Gasteiger partial charge in [0.15, 0.2) is 5.84 Å². The molecular formula is C15H20Cl2F6N4O8S2. The van der Waals surface area contributed by atoms with Gasteiger partial charge >= 0.3 is 31.1 Å². The van der Waals surface area contributed by atoms with Gasteiger partial charge in [-0.25, -0.2) is 0 Å². The van der Waals surface area contributed by atoms with Crippen LogP contribution in [0.3, 0.4) is 0 Å². The molecule has 0 bridgehead atoms. The molecule has 37 heavy (non-hydrogen) atoms. The number of carbonyl (C=O) groups excluding carboxylic acids is 2. The molecule has 0 saturated carbocycles. The molecule has 2 heterocycles. The van der Waals surface area contributed by atoms with Gasteiger partial charge in [-0.15, -0.1) is 29.2 Å². The molecule has 2 rings (SSSR count). The first-order valence-corrected chi connectivity index (χ1v) is 12.4. The molecule has 2 aliphatic heterocycles. The van der Waals surface area contributed by atoms with E-state index >= 15 is 0 Å². The summed E-state index contributed by atoms with van der Waals surface area (Å²) in [5.41, 5.74) is -13.7. The number of Topliss-reactive ketones (excluding diaryl/α,β-unsaturated/α-hetero) is 1. The largest absolute Gasteiger partial charge is 0.518 e. The second-order valence-electron chi connectivity index (χ2n) is 6.90. The van der Waals surface area contributed by atoms with Crippen molar-refractivity contribution in [3.05, 3.63) is 0 Å². The van der Waals surface area contributed by atoms with Crippen molar-refractivity contribution >= 4 is 68.1 Å². The zero-order valence-corrected chi connectivity index (χ0v) is 21.6. The SMILES string of the molecule is Cl.Cl.O=C(CC(=NS(=O)(=O)C(F)(F)F)C(=NS(=O)(=O)C(F)(F)F)N1CCOCC1)C(=O)N1CCOCC1. The van der Waals surface area contributed by atoms with Crippen LogP contribution in [0.15, 0.2) is 8.80 Å². The summed E-state index contributed by atoms with van der Waals surface area (Å²) >= 11 is 0. The highest BCUT2D eigenvalue weighted by Gasteiger charge is 2.49. The van der Waals surface area contributed by atoms with Gasteiger partial charge in [-0.1, -0.05) is 0 Å². The van der Waals surface area contributed by atoms with Crippen molar-refractivity contribution < 1.29 is 62.2 Å². The number of alkyl halides is 6. The fraction of sp³-hybridized carbons (Fsp3) is 0.733. The highest BCUT2D eigenvalue weighted by Crippen LogP contribution is 2.27. The third-order valence-electron chi connectivity index (χ3n) is 4.46. The van der Waals surface area contributed by atoms with Crippen molar-refractivity contribution in [1.82, 2.24) is 9.80 Å². The third kappa shape index (κ3) is 9.20. The molecule has 0 aromatic carbocycles. The van der Waals surface area contributed by atoms with E-state index in [0.717, 1.165) is 4.90 Å². The summed E-state index contributed by atoms with van der Waals surface area (Å²) in [4.78, 5) is 26.4. The minimum absolute atomic E-state index is 0. The number of ether oxygens (including phenoxy) is 2. The molecule has 2 saturated heterocycles. The summed E-state index contributed by atoms with van der Waals surface area (Å²) < 4.78 is 139. The summed E-state index contributed by atoms with van der Waals surface area (Å²) in [7, 11) is -12.9. The van der Waals surface area contributed by atoms with Crippen molar-refractivity contribution in [3.8, 4) is 0 Å². The number of amidine groups is 1. The number of rotatable bonds is 6. The standard InChI is InChI=1S/C15H18F6N4O8S2.2ClH/c16-14(17,18)34(28,29)22-10(9-11(26)13(27)25-3-7-33-8-4-25)12(24-1-5-32-6-2-24)23-35(30,31)15(19,20)21;;/h1-9H2;2*1H. The van der Waals surface area contributed by atoms with Crippen LogP contribution in [0.5, 0.6) is 0 Å². The van der Waals surface area contributed by atoms with Crippen LogP contribution in [-0.2, 0) is 39.1 Å². The zero-order valence-electron chi connectivity index (χ0n) is 18.3. The molecule has 0 aliphatic carbocycles. The van der Waals surface area contributed by atoms with Crippen LogP contribution in [0.2, 0.25) is 0 Å². The lowest BCUT2D eigenvalue weighted by atomic mass is 10.1. The van der Waals surface area contributed by atoms with Crippen molar-refractivity contribution in [2.45, 2.75) is 17.4 Å². The minimum atomic E-state index is -6.49. The number of halogens is 8. The van der Waals surface area contributed by atoms with Gasteiger partial charge < -0.3 is 19.3 Å². The maximum absolute atomic E-state index is 13.0. The Morgan fingerprint density at radius 2 is 1.08 bits per heavy atom. The van der Waals surface area contributed by atoms with E-state index in [1.807, 2.05) is 0 Å². The van der Waals surface area contributed by atoms with Gasteiger partial charge in [0.1, 0.15) is 5.71 Å². The predicted molar refractivity (Wildman–Crippen MR) is 119 cm³/mol. The number of carbonyl (C=O) groups is 2. The monoisotopic (exact) mass is 632 g/mol. The van der Waals surface area contributed by atoms with Gasteiger partial charge in [0.25, 0.3) is 5.91 Å². The second-order valence-corrected chi connectivity index (χ2v) is 10.1. The fourth-order valence-corrected chi connectivity index (χ4v) is 3.85. The van der Waals surface area contributed by atoms with Gasteiger partial charge in [0.2, 0.25) is 5.78 Å². The molecule has 0 atom stereocenters. The fourth-order valence-electron chi connectivity index (χ4n) is 2.75. The Balaban J connectivity index is 0.00000648. The van der Waals surface area contributed by atoms with Crippen LogP contribution >= 0.6 is 24.8 Å². The van der Waals surface area contributed by atoms with Crippen molar-refractivity contribution in [3.63, 3.8) is 0 Å². The number of ketones is 1. The first-order chi connectivity index (χ1) is 16.0. The van der Waals surface area contributed by atoms with Crippen LogP contribution in [0.1, 0.15) is 6.42 Å². The van der Waals surface area contributed by atoms with E-state index in [9.17, 15) is 52.8 Å². The van der Waals surface area contributed by atoms with Gasteiger partial charge in [0, 0.05) is 26.2 Å². The van der Waals surface area contributed by atoms with E-state index in [2.05, 4.69) is 8.80 Å². The molecule has 2 aliphatic rings. The van der Waals surface area contributed by atoms with Crippen LogP contribution in [0.25, 0.3) is 0 Å². The van der Waals surface area contributed by atoms with Gasteiger partial charge in [-0.05, 0) is 0 Å². The lowest BCUT2D eigenvalue weighted by Gasteiger charge is -2.30. The highest BCUT2D eigenvalue weighted by molar-refractivity contribution is 7.91. The van der Waals surface area contributed by atoms with Gasteiger partial charge in [-0.3, -0.25) is 9.59 Å². The minimum Gasteiger partial charge on any atom is -0.378 e. The molecular weight excluding hydrogens is 613 g/mol. The number of hydrogen-bond acceptors (Lipinski definition) is 8. The van der Waals surface area contributed by atoms with E-state index in [4.69, 9.17) is 9.47 Å². The summed E-state index contributed by atoms with van der Waals surface area (Å²) in [6, 6.07) is 0. The molecule has 0 radical (unpaired) electrons. The van der Waals surface area contributed by atoms with Crippen molar-refractivity contribution in [2.24, 2.45) is 8.80 Å². The molecule has 0 unspecified atom stereocenters. The summed E-state index contributed by atoms with van der Waals surface area (Å²) in [6.07, 6.45) is -1.59. The Kier molecular flexibility index (Phi) is 12.7. The van der Waals surface area contributed by atoms with Crippen LogP contribution in [-0.4, -0.2) is 113 Å². The second kappa shape index (κ2) is 13.4. The molecule has 0 aromatic rings. The predicted octanol–water partition coefficient (Wildman–Crippen LogP) is 0.519. The smallest absolute Gasteiger partial charge is 0.378 e. The number of hydrogen-bond donors (Lipinski definition) is 0. The molecule has 2 fully saturated rings. The third-order valence-corrected chi connectivity index (χ3v) is 6.50. The van der Waals surface area contributed by atoms with Crippen molar-refractivity contribution in [2.75, 3.05) is 52.6 Å². The highest BCUT2D eigenvalue weighted by atomic mass is 35.5. The number of morpholine rings is 2. The molecule has 1 amide bonds. The maximum Gasteiger partial charge on any atom is 0.518 e. The summed E-state index contributed by atoms with van der Waals surface area (Å²) in [6.45, 7) is -1.60. The molecule has 216 valence electrons. The maximum atomic E-state index is 13.0. The normalized spacial score (nSPS) is 18.5. The van der Waals surface area contributed by atoms with E-state index < -0.39 is 73.8 Å². The van der Waals surface area contributed by atoms with Gasteiger partial charge in [0.05, 0.1) is 32.8 Å². The van der Waals surface area contributed by atoms with Crippen molar-refractivity contribution in [1.29, 1.82) is 0 Å². The molecule has 0 aromatic heterocycles. The Hall–Kier alpha value is -1.74. The Labute approximate surface area is 219 Å². The number of amides is 1. The first kappa shape index (κ1) is 35.3. The Morgan fingerprint density at radius 3 is 1.49 bits per heavy atom. The van der Waals surface area contributed by atoms with E-state index in [1.165, 1.54) is 0 Å². The average Bonchev–Trinajstić information content (AvgIpc) is 2.76. The van der Waals surface area contributed by atoms with E-state index in [1.54, 1.807) is 0 Å². The average molecular weight is 633 g/mol. The lowest BCUT2D eigenvalue weighted by Crippen LogP contribution is -2.48. The zero-order chi connectivity index (χ0) is 26.7. The van der Waals surface area contributed by atoms with Gasteiger partial charge in [-0.2, -0.15) is 47.6 Å². The Morgan fingerprint density at radius 1 is 0.703 bits per heavy atom. The number of nitrogens with zero attached hydrogens (tertiary/aromatic N) is 4.